The highest BCUT2D eigenvalue weighted by molar-refractivity contribution is 5.48. The van der Waals surface area contributed by atoms with Gasteiger partial charge in [-0.3, -0.25) is 15.4 Å². The van der Waals surface area contributed by atoms with Crippen LogP contribution in [0.3, 0.4) is 0 Å². The molecule has 0 aliphatic heterocycles. The Hall–Kier alpha value is -2.13. The Kier molecular flexibility index (Phi) is 5.08. The predicted molar refractivity (Wildman–Crippen MR) is 66.4 cm³/mol. The molecule has 0 amide bonds. The monoisotopic (exact) mass is 249 g/mol. The highest BCUT2D eigenvalue weighted by Crippen LogP contribution is 2.27. The van der Waals surface area contributed by atoms with Gasteiger partial charge in [0.2, 0.25) is 0 Å². The van der Waals surface area contributed by atoms with E-state index >= 15 is 0 Å². The second-order valence-electron chi connectivity index (χ2n) is 3.78. The smallest absolute Gasteiger partial charge is 0.311 e. The highest BCUT2D eigenvalue weighted by atomic mass is 16.6. The van der Waals surface area contributed by atoms with Gasteiger partial charge in [-0.25, -0.2) is 0 Å². The van der Waals surface area contributed by atoms with Gasteiger partial charge in [-0.2, -0.15) is 5.26 Å². The molecule has 0 radical (unpaired) electrons. The number of nitro groups is 1. The van der Waals surface area contributed by atoms with Crippen molar-refractivity contribution in [3.8, 4) is 11.8 Å². The molecule has 0 aromatic heterocycles. The van der Waals surface area contributed by atoms with Gasteiger partial charge in [0.25, 0.3) is 0 Å². The summed E-state index contributed by atoms with van der Waals surface area (Å²) in [7, 11) is 0. The Labute approximate surface area is 105 Å². The number of likely N-dealkylation sites (N-methyl/N-ethyl adjacent to an activating group) is 1. The van der Waals surface area contributed by atoms with Gasteiger partial charge in [-0.1, -0.05) is 13.0 Å². The number of nitro benzene ring substituents is 1. The zero-order valence-corrected chi connectivity index (χ0v) is 10.3. The summed E-state index contributed by atoms with van der Waals surface area (Å²) in [4.78, 5) is 10.4. The molecule has 18 heavy (non-hydrogen) atoms. The third kappa shape index (κ3) is 3.71. The van der Waals surface area contributed by atoms with Gasteiger partial charge in [0.1, 0.15) is 12.6 Å². The summed E-state index contributed by atoms with van der Waals surface area (Å²) < 4.78 is 5.33. The van der Waals surface area contributed by atoms with E-state index in [0.29, 0.717) is 6.54 Å². The molecule has 0 saturated carbocycles. The molecule has 1 N–H and O–H groups in total. The van der Waals surface area contributed by atoms with Gasteiger partial charge in [0, 0.05) is 6.07 Å². The average molecular weight is 249 g/mol. The fraction of sp³-hybridized carbons (Fsp3) is 0.417. The standard InChI is InChI=1S/C12H15N3O3/c1-3-14-10(7-13)8-18-12-5-4-9(2)6-11(12)15(16)17/h4-6,10,14H,3,8H2,1-2H3. The van der Waals surface area contributed by atoms with Crippen molar-refractivity contribution in [2.75, 3.05) is 13.2 Å². The van der Waals surface area contributed by atoms with Crippen molar-refractivity contribution >= 4 is 5.69 Å². The average Bonchev–Trinajstić information content (AvgIpc) is 2.35. The molecule has 0 saturated heterocycles. The Morgan fingerprint density at radius 3 is 2.89 bits per heavy atom. The molecule has 1 atom stereocenters. The summed E-state index contributed by atoms with van der Waals surface area (Å²) in [5.74, 6) is 0.184. The largest absolute Gasteiger partial charge is 0.484 e. The summed E-state index contributed by atoms with van der Waals surface area (Å²) in [5.41, 5.74) is 0.709. The topological polar surface area (TPSA) is 88.2 Å². The van der Waals surface area contributed by atoms with Gasteiger partial charge < -0.3 is 4.74 Å². The van der Waals surface area contributed by atoms with Crippen molar-refractivity contribution in [3.05, 3.63) is 33.9 Å². The molecule has 0 aliphatic rings. The quantitative estimate of drug-likeness (QED) is 0.613. The Morgan fingerprint density at radius 2 is 2.33 bits per heavy atom. The van der Waals surface area contributed by atoms with E-state index in [9.17, 15) is 10.1 Å². The summed E-state index contributed by atoms with van der Waals surface area (Å²) in [6.07, 6.45) is 0. The molecule has 6 heteroatoms. The maximum atomic E-state index is 10.9. The third-order valence-electron chi connectivity index (χ3n) is 2.32. The number of nitriles is 1. The van der Waals surface area contributed by atoms with Crippen LogP contribution >= 0.6 is 0 Å². The van der Waals surface area contributed by atoms with E-state index in [1.165, 1.54) is 6.07 Å². The van der Waals surface area contributed by atoms with Crippen molar-refractivity contribution in [2.24, 2.45) is 0 Å². The lowest BCUT2D eigenvalue weighted by molar-refractivity contribution is -0.385. The first-order chi connectivity index (χ1) is 8.58. The summed E-state index contributed by atoms with van der Waals surface area (Å²) in [5, 5.41) is 22.6. The first-order valence-corrected chi connectivity index (χ1v) is 5.59. The SMILES string of the molecule is CCNC(C#N)COc1ccc(C)cc1[N+](=O)[O-]. The molecule has 0 bridgehead atoms. The minimum Gasteiger partial charge on any atom is -0.484 e. The Balaban J connectivity index is 2.78. The van der Waals surface area contributed by atoms with Gasteiger partial charge >= 0.3 is 5.69 Å². The van der Waals surface area contributed by atoms with Gasteiger partial charge in [-0.15, -0.1) is 0 Å². The molecule has 1 rings (SSSR count). The van der Waals surface area contributed by atoms with Gasteiger partial charge in [0.05, 0.1) is 11.0 Å². The van der Waals surface area contributed by atoms with Crippen LogP contribution in [0.1, 0.15) is 12.5 Å². The van der Waals surface area contributed by atoms with Crippen LogP contribution in [0.4, 0.5) is 5.69 Å². The number of hydrogen-bond acceptors (Lipinski definition) is 5. The first kappa shape index (κ1) is 13.9. The minimum atomic E-state index is -0.489. The number of ether oxygens (including phenoxy) is 1. The molecule has 96 valence electrons. The van der Waals surface area contributed by atoms with Crippen LogP contribution in [0.15, 0.2) is 18.2 Å². The number of rotatable bonds is 6. The predicted octanol–water partition coefficient (Wildman–Crippen LogP) is 1.78. The van der Waals surface area contributed by atoms with Crippen LogP contribution in [0.2, 0.25) is 0 Å². The number of aryl methyl sites for hydroxylation is 1. The summed E-state index contributed by atoms with van der Waals surface area (Å²) in [6.45, 7) is 4.36. The van der Waals surface area contributed by atoms with E-state index in [0.717, 1.165) is 5.56 Å². The number of benzene rings is 1. The molecule has 1 aromatic rings. The van der Waals surface area contributed by atoms with Crippen LogP contribution in [-0.2, 0) is 0 Å². The second kappa shape index (κ2) is 6.57. The maximum absolute atomic E-state index is 10.9. The summed E-state index contributed by atoms with van der Waals surface area (Å²) >= 11 is 0. The van der Waals surface area contributed by atoms with E-state index in [-0.39, 0.29) is 18.0 Å². The second-order valence-corrected chi connectivity index (χ2v) is 3.78. The van der Waals surface area contributed by atoms with Gasteiger partial charge in [0.15, 0.2) is 5.75 Å². The highest BCUT2D eigenvalue weighted by Gasteiger charge is 2.16. The van der Waals surface area contributed by atoms with E-state index in [4.69, 9.17) is 10.00 Å². The molecule has 0 spiro atoms. The van der Waals surface area contributed by atoms with Crippen molar-refractivity contribution < 1.29 is 9.66 Å². The lowest BCUT2D eigenvalue weighted by atomic mass is 10.2. The van der Waals surface area contributed by atoms with Crippen LogP contribution in [0.25, 0.3) is 0 Å². The zero-order chi connectivity index (χ0) is 13.5. The van der Waals surface area contributed by atoms with Crippen LogP contribution in [-0.4, -0.2) is 24.1 Å². The minimum absolute atomic E-state index is 0.0776. The van der Waals surface area contributed by atoms with Crippen LogP contribution in [0, 0.1) is 28.4 Å². The normalized spacial score (nSPS) is 11.6. The fourth-order valence-electron chi connectivity index (χ4n) is 1.45. The number of hydrogen-bond donors (Lipinski definition) is 1. The molecular weight excluding hydrogens is 234 g/mol. The van der Waals surface area contributed by atoms with E-state index in [2.05, 4.69) is 5.32 Å². The van der Waals surface area contributed by atoms with Crippen molar-refractivity contribution in [2.45, 2.75) is 19.9 Å². The van der Waals surface area contributed by atoms with Crippen molar-refractivity contribution in [3.63, 3.8) is 0 Å². The Bertz CT molecular complexity index is 468. The number of nitrogens with one attached hydrogen (secondary N) is 1. The molecule has 6 nitrogen and oxygen atoms in total. The first-order valence-electron chi connectivity index (χ1n) is 5.59. The molecule has 0 fully saturated rings. The zero-order valence-electron chi connectivity index (χ0n) is 10.3. The number of nitrogens with zero attached hydrogens (tertiary/aromatic N) is 2. The maximum Gasteiger partial charge on any atom is 0.311 e. The van der Waals surface area contributed by atoms with E-state index < -0.39 is 11.0 Å². The van der Waals surface area contributed by atoms with Crippen LogP contribution < -0.4 is 10.1 Å². The summed E-state index contributed by atoms with van der Waals surface area (Å²) in [6, 6.07) is 6.28. The third-order valence-corrected chi connectivity index (χ3v) is 2.32. The van der Waals surface area contributed by atoms with E-state index in [1.54, 1.807) is 19.1 Å². The molecule has 1 aromatic carbocycles. The fourth-order valence-corrected chi connectivity index (χ4v) is 1.45. The van der Waals surface area contributed by atoms with Crippen molar-refractivity contribution in [1.82, 2.24) is 5.32 Å². The Morgan fingerprint density at radius 1 is 1.61 bits per heavy atom. The molecule has 1 unspecified atom stereocenters. The lowest BCUT2D eigenvalue weighted by Crippen LogP contribution is -2.33. The molecular formula is C12H15N3O3. The van der Waals surface area contributed by atoms with Crippen LogP contribution in [0.5, 0.6) is 5.75 Å². The van der Waals surface area contributed by atoms with E-state index in [1.807, 2.05) is 13.0 Å². The van der Waals surface area contributed by atoms with Gasteiger partial charge in [-0.05, 0) is 25.1 Å². The molecule has 0 aliphatic carbocycles. The molecule has 0 heterocycles. The lowest BCUT2D eigenvalue weighted by Gasteiger charge is -2.11. The van der Waals surface area contributed by atoms with Crippen molar-refractivity contribution in [1.29, 1.82) is 5.26 Å².